The summed E-state index contributed by atoms with van der Waals surface area (Å²) in [6.07, 6.45) is 7.79. The number of amides is 1. The largest absolute Gasteiger partial charge is 0.393 e. The van der Waals surface area contributed by atoms with Crippen LogP contribution in [0.5, 0.6) is 0 Å². The van der Waals surface area contributed by atoms with Crippen LogP contribution in [0.15, 0.2) is 36.5 Å². The number of hydrogen-bond donors (Lipinski definition) is 1. The molecule has 2 fully saturated rings. The summed E-state index contributed by atoms with van der Waals surface area (Å²) in [5.41, 5.74) is 1.86. The average Bonchev–Trinajstić information content (AvgIpc) is 2.64. The average molecular weight is 324 g/mol. The number of piperidine rings is 1. The minimum Gasteiger partial charge on any atom is -0.393 e. The predicted molar refractivity (Wildman–Crippen MR) is 93.8 cm³/mol. The van der Waals surface area contributed by atoms with E-state index in [0.29, 0.717) is 11.0 Å². The van der Waals surface area contributed by atoms with Crippen LogP contribution in [-0.2, 0) is 0 Å². The second-order valence-corrected chi connectivity index (χ2v) is 7.40. The third-order valence-corrected chi connectivity index (χ3v) is 5.99. The number of hydrogen-bond acceptors (Lipinski definition) is 3. The Balaban J connectivity index is 1.50. The molecular weight excluding hydrogens is 300 g/mol. The third-order valence-electron chi connectivity index (χ3n) is 5.99. The van der Waals surface area contributed by atoms with Gasteiger partial charge in [-0.25, -0.2) is 0 Å². The summed E-state index contributed by atoms with van der Waals surface area (Å²) < 4.78 is 0. The molecule has 1 aromatic carbocycles. The van der Waals surface area contributed by atoms with Gasteiger partial charge in [0.2, 0.25) is 0 Å². The van der Waals surface area contributed by atoms with Crippen molar-refractivity contribution in [2.24, 2.45) is 5.41 Å². The summed E-state index contributed by atoms with van der Waals surface area (Å²) in [7, 11) is 0. The Bertz CT molecular complexity index is 735. The molecule has 2 aliphatic rings. The zero-order valence-electron chi connectivity index (χ0n) is 13.9. The maximum absolute atomic E-state index is 13.0. The summed E-state index contributed by atoms with van der Waals surface area (Å²) in [5, 5.41) is 10.8. The molecule has 1 saturated carbocycles. The summed E-state index contributed by atoms with van der Waals surface area (Å²) in [5.74, 6) is 0.102. The fraction of sp³-hybridized carbons (Fsp3) is 0.500. The molecule has 1 spiro atoms. The van der Waals surface area contributed by atoms with Gasteiger partial charge in [0, 0.05) is 24.7 Å². The molecule has 0 radical (unpaired) electrons. The Hall–Kier alpha value is -1.94. The molecule has 1 amide bonds. The van der Waals surface area contributed by atoms with Crippen molar-refractivity contribution in [3.63, 3.8) is 0 Å². The minimum absolute atomic E-state index is 0.102. The van der Waals surface area contributed by atoms with Crippen LogP contribution < -0.4 is 0 Å². The summed E-state index contributed by atoms with van der Waals surface area (Å²) in [6.45, 7) is 1.64. The molecule has 1 saturated heterocycles. The molecule has 4 nitrogen and oxygen atoms in total. The predicted octanol–water partition coefficient (Wildman–Crippen LogP) is 3.39. The Morgan fingerprint density at radius 2 is 1.79 bits per heavy atom. The van der Waals surface area contributed by atoms with E-state index < -0.39 is 0 Å². The Labute approximate surface area is 142 Å². The van der Waals surface area contributed by atoms with Crippen LogP contribution in [0.25, 0.3) is 10.9 Å². The lowest BCUT2D eigenvalue weighted by atomic mass is 9.67. The van der Waals surface area contributed by atoms with Gasteiger partial charge in [0.05, 0.1) is 17.2 Å². The first kappa shape index (κ1) is 15.6. The van der Waals surface area contributed by atoms with Crippen LogP contribution in [-0.4, -0.2) is 40.1 Å². The van der Waals surface area contributed by atoms with Crippen molar-refractivity contribution in [1.82, 2.24) is 9.88 Å². The number of benzene rings is 1. The highest BCUT2D eigenvalue weighted by molar-refractivity contribution is 6.05. The molecule has 1 aromatic heterocycles. The molecule has 126 valence electrons. The first-order valence-corrected chi connectivity index (χ1v) is 8.98. The molecule has 4 rings (SSSR count). The fourth-order valence-electron chi connectivity index (χ4n) is 4.35. The van der Waals surface area contributed by atoms with Crippen LogP contribution in [0, 0.1) is 5.41 Å². The lowest BCUT2D eigenvalue weighted by molar-refractivity contribution is 0.0169. The number of rotatable bonds is 1. The highest BCUT2D eigenvalue weighted by atomic mass is 16.3. The van der Waals surface area contributed by atoms with Gasteiger partial charge in [-0.1, -0.05) is 18.2 Å². The van der Waals surface area contributed by atoms with Crippen molar-refractivity contribution < 1.29 is 9.90 Å². The van der Waals surface area contributed by atoms with Crippen LogP contribution in [0.2, 0.25) is 0 Å². The molecule has 1 aliphatic carbocycles. The van der Waals surface area contributed by atoms with Gasteiger partial charge < -0.3 is 10.0 Å². The number of para-hydroxylation sites is 1. The molecule has 2 aromatic rings. The minimum atomic E-state index is -0.114. The van der Waals surface area contributed by atoms with E-state index in [2.05, 4.69) is 4.98 Å². The number of carbonyl (C=O) groups is 1. The first-order chi connectivity index (χ1) is 11.7. The molecule has 4 heteroatoms. The van der Waals surface area contributed by atoms with Crippen LogP contribution in [0.4, 0.5) is 0 Å². The zero-order chi connectivity index (χ0) is 16.6. The Morgan fingerprint density at radius 1 is 1.08 bits per heavy atom. The summed E-state index contributed by atoms with van der Waals surface area (Å²) >= 11 is 0. The SMILES string of the molecule is O=C(c1cccc2cccnc12)N1CCC2(CCC(O)CC2)CC1. The number of aliphatic hydroxyl groups is 1. The third kappa shape index (κ3) is 2.80. The number of carbonyl (C=O) groups excluding carboxylic acids is 1. The van der Waals surface area contributed by atoms with Crippen molar-refractivity contribution in [3.8, 4) is 0 Å². The van der Waals surface area contributed by atoms with Gasteiger partial charge in [-0.05, 0) is 56.1 Å². The summed E-state index contributed by atoms with van der Waals surface area (Å²) in [4.78, 5) is 19.4. The number of nitrogens with zero attached hydrogens (tertiary/aromatic N) is 2. The lowest BCUT2D eigenvalue weighted by Gasteiger charge is -2.45. The maximum atomic E-state index is 13.0. The van der Waals surface area contributed by atoms with Crippen LogP contribution in [0.1, 0.15) is 48.9 Å². The second-order valence-electron chi connectivity index (χ2n) is 7.40. The zero-order valence-corrected chi connectivity index (χ0v) is 13.9. The highest BCUT2D eigenvalue weighted by Gasteiger charge is 2.38. The number of aromatic nitrogens is 1. The monoisotopic (exact) mass is 324 g/mol. The molecular formula is C20H24N2O2. The summed E-state index contributed by atoms with van der Waals surface area (Å²) in [6, 6.07) is 9.72. The van der Waals surface area contributed by atoms with Gasteiger partial charge in [-0.3, -0.25) is 9.78 Å². The lowest BCUT2D eigenvalue weighted by Crippen LogP contribution is -2.45. The number of fused-ring (bicyclic) bond motifs is 1. The molecule has 1 N–H and O–H groups in total. The maximum Gasteiger partial charge on any atom is 0.256 e. The number of aliphatic hydroxyl groups excluding tert-OH is 1. The standard InChI is InChI=1S/C20H24N2O2/c23-16-6-8-20(9-7-16)10-13-22(14-11-20)19(24)17-5-1-3-15-4-2-12-21-18(15)17/h1-5,12,16,23H,6-11,13-14H2. The van der Waals surface area contributed by atoms with E-state index in [1.54, 1.807) is 6.20 Å². The van der Waals surface area contributed by atoms with Crippen molar-refractivity contribution in [3.05, 3.63) is 42.1 Å². The van der Waals surface area contributed by atoms with Gasteiger partial charge in [0.25, 0.3) is 5.91 Å². The smallest absolute Gasteiger partial charge is 0.256 e. The topological polar surface area (TPSA) is 53.4 Å². The molecule has 0 atom stereocenters. The molecule has 24 heavy (non-hydrogen) atoms. The van der Waals surface area contributed by atoms with Gasteiger partial charge in [0.1, 0.15) is 0 Å². The molecule has 0 bridgehead atoms. The van der Waals surface area contributed by atoms with E-state index in [0.717, 1.165) is 62.5 Å². The Kier molecular flexibility index (Phi) is 4.01. The van der Waals surface area contributed by atoms with Crippen LogP contribution in [0.3, 0.4) is 0 Å². The number of pyridine rings is 1. The van der Waals surface area contributed by atoms with Crippen molar-refractivity contribution in [2.45, 2.75) is 44.6 Å². The van der Waals surface area contributed by atoms with Crippen molar-refractivity contribution in [1.29, 1.82) is 0 Å². The van der Waals surface area contributed by atoms with Gasteiger partial charge in [0.15, 0.2) is 0 Å². The van der Waals surface area contributed by atoms with Gasteiger partial charge >= 0.3 is 0 Å². The Morgan fingerprint density at radius 3 is 2.54 bits per heavy atom. The number of likely N-dealkylation sites (tertiary alicyclic amines) is 1. The van der Waals surface area contributed by atoms with E-state index in [4.69, 9.17) is 0 Å². The normalized spacial score (nSPS) is 21.3. The highest BCUT2D eigenvalue weighted by Crippen LogP contribution is 2.44. The first-order valence-electron chi connectivity index (χ1n) is 8.98. The molecule has 1 aliphatic heterocycles. The van der Waals surface area contributed by atoms with E-state index in [1.807, 2.05) is 35.2 Å². The van der Waals surface area contributed by atoms with E-state index in [9.17, 15) is 9.90 Å². The van der Waals surface area contributed by atoms with E-state index >= 15 is 0 Å². The van der Waals surface area contributed by atoms with Crippen molar-refractivity contribution >= 4 is 16.8 Å². The van der Waals surface area contributed by atoms with Gasteiger partial charge in [-0.2, -0.15) is 0 Å². The quantitative estimate of drug-likeness (QED) is 0.875. The van der Waals surface area contributed by atoms with E-state index in [1.165, 1.54) is 0 Å². The fourth-order valence-corrected chi connectivity index (χ4v) is 4.35. The van der Waals surface area contributed by atoms with E-state index in [-0.39, 0.29) is 12.0 Å². The van der Waals surface area contributed by atoms with Crippen molar-refractivity contribution in [2.75, 3.05) is 13.1 Å². The molecule has 0 unspecified atom stereocenters. The second kappa shape index (κ2) is 6.17. The van der Waals surface area contributed by atoms with Gasteiger partial charge in [-0.15, -0.1) is 0 Å². The molecule has 2 heterocycles. The van der Waals surface area contributed by atoms with Crippen LogP contribution >= 0.6 is 0 Å².